The van der Waals surface area contributed by atoms with E-state index in [1.54, 1.807) is 6.92 Å². The molecule has 0 saturated carbocycles. The lowest BCUT2D eigenvalue weighted by Gasteiger charge is -2.18. The number of benzene rings is 1. The Morgan fingerprint density at radius 1 is 1.39 bits per heavy atom. The summed E-state index contributed by atoms with van der Waals surface area (Å²) in [5.41, 5.74) is 2.27. The van der Waals surface area contributed by atoms with Crippen molar-refractivity contribution in [3.05, 3.63) is 29.3 Å². The second kappa shape index (κ2) is 6.78. The normalized spacial score (nSPS) is 13.8. The van der Waals surface area contributed by atoms with Crippen LogP contribution in [0.4, 0.5) is 0 Å². The summed E-state index contributed by atoms with van der Waals surface area (Å²) in [4.78, 5) is 11.2. The predicted molar refractivity (Wildman–Crippen MR) is 77.4 cm³/mol. The molecule has 0 aromatic heterocycles. The Balaban J connectivity index is 2.51. The number of ether oxygens (including phenoxy) is 1. The van der Waals surface area contributed by atoms with Crippen LogP contribution in [0.25, 0.3) is 0 Å². The smallest absolute Gasteiger partial charge is 0.233 e. The van der Waals surface area contributed by atoms with Crippen LogP contribution in [-0.4, -0.2) is 23.4 Å². The number of rotatable bonds is 5. The van der Waals surface area contributed by atoms with Crippen molar-refractivity contribution in [3.8, 4) is 5.75 Å². The van der Waals surface area contributed by atoms with Crippen LogP contribution in [0.1, 0.15) is 25.0 Å². The van der Waals surface area contributed by atoms with Crippen LogP contribution in [0, 0.1) is 13.8 Å². The average molecular weight is 314 g/mol. The lowest BCUT2D eigenvalue weighted by molar-refractivity contribution is -0.120. The van der Waals surface area contributed by atoms with Gasteiger partial charge in [0.25, 0.3) is 0 Å². The summed E-state index contributed by atoms with van der Waals surface area (Å²) in [7, 11) is 0. The maximum absolute atomic E-state index is 11.4. The van der Waals surface area contributed by atoms with Crippen LogP contribution in [0.2, 0.25) is 0 Å². The first kappa shape index (κ1) is 15.0. The second-order valence-electron chi connectivity index (χ2n) is 4.56. The molecule has 18 heavy (non-hydrogen) atoms. The Kier molecular flexibility index (Phi) is 5.66. The maximum atomic E-state index is 11.4. The SMILES string of the molecule is Cc1ccc(C)c(OC(C)CNC(=O)C(C)Br)c1. The van der Waals surface area contributed by atoms with E-state index in [4.69, 9.17) is 4.74 Å². The Morgan fingerprint density at radius 3 is 2.67 bits per heavy atom. The molecule has 3 nitrogen and oxygen atoms in total. The van der Waals surface area contributed by atoms with Crippen LogP contribution in [-0.2, 0) is 4.79 Å². The predicted octanol–water partition coefficient (Wildman–Crippen LogP) is 2.97. The van der Waals surface area contributed by atoms with E-state index >= 15 is 0 Å². The van der Waals surface area contributed by atoms with Crippen molar-refractivity contribution in [1.29, 1.82) is 0 Å². The summed E-state index contributed by atoms with van der Waals surface area (Å²) in [5, 5.41) is 2.83. The lowest BCUT2D eigenvalue weighted by Crippen LogP contribution is -2.36. The lowest BCUT2D eigenvalue weighted by atomic mass is 10.1. The van der Waals surface area contributed by atoms with Gasteiger partial charge in [-0.15, -0.1) is 0 Å². The molecular formula is C14H20BrNO2. The molecule has 100 valence electrons. The fraction of sp³-hybridized carbons (Fsp3) is 0.500. The molecular weight excluding hydrogens is 294 g/mol. The molecule has 1 aromatic rings. The number of aryl methyl sites for hydroxylation is 2. The minimum Gasteiger partial charge on any atom is -0.489 e. The first-order chi connectivity index (χ1) is 8.40. The van der Waals surface area contributed by atoms with Gasteiger partial charge in [-0.25, -0.2) is 0 Å². The fourth-order valence-corrected chi connectivity index (χ4v) is 1.64. The Labute approximate surface area is 117 Å². The summed E-state index contributed by atoms with van der Waals surface area (Å²) in [5.74, 6) is 0.857. The topological polar surface area (TPSA) is 38.3 Å². The molecule has 0 heterocycles. The minimum atomic E-state index is -0.176. The molecule has 2 unspecified atom stereocenters. The van der Waals surface area contributed by atoms with E-state index in [-0.39, 0.29) is 16.8 Å². The minimum absolute atomic E-state index is 0.0218. The molecule has 0 aliphatic carbocycles. The summed E-state index contributed by atoms with van der Waals surface area (Å²) in [6, 6.07) is 6.11. The first-order valence-corrected chi connectivity index (χ1v) is 6.97. The fourth-order valence-electron chi connectivity index (χ4n) is 1.48. The zero-order valence-corrected chi connectivity index (χ0v) is 12.9. The highest BCUT2D eigenvalue weighted by molar-refractivity contribution is 9.10. The van der Waals surface area contributed by atoms with E-state index in [2.05, 4.69) is 27.3 Å². The highest BCUT2D eigenvalue weighted by Crippen LogP contribution is 2.20. The number of nitrogens with one attached hydrogen (secondary N) is 1. The molecule has 1 amide bonds. The van der Waals surface area contributed by atoms with E-state index in [1.165, 1.54) is 5.56 Å². The molecule has 4 heteroatoms. The first-order valence-electron chi connectivity index (χ1n) is 6.06. The molecule has 1 N–H and O–H groups in total. The van der Waals surface area contributed by atoms with E-state index in [0.717, 1.165) is 11.3 Å². The Morgan fingerprint density at radius 2 is 2.06 bits per heavy atom. The Bertz CT molecular complexity index is 418. The second-order valence-corrected chi connectivity index (χ2v) is 5.93. The molecule has 0 saturated heterocycles. The van der Waals surface area contributed by atoms with Gasteiger partial charge in [0.1, 0.15) is 11.9 Å². The van der Waals surface area contributed by atoms with Crippen molar-refractivity contribution in [1.82, 2.24) is 5.32 Å². The number of alkyl halides is 1. The van der Waals surface area contributed by atoms with E-state index < -0.39 is 0 Å². The van der Waals surface area contributed by atoms with E-state index in [9.17, 15) is 4.79 Å². The van der Waals surface area contributed by atoms with Crippen molar-refractivity contribution < 1.29 is 9.53 Å². The number of halogens is 1. The van der Waals surface area contributed by atoms with Crippen molar-refractivity contribution in [3.63, 3.8) is 0 Å². The van der Waals surface area contributed by atoms with E-state index in [0.29, 0.717) is 6.54 Å². The summed E-state index contributed by atoms with van der Waals surface area (Å²) < 4.78 is 5.83. The van der Waals surface area contributed by atoms with Crippen LogP contribution in [0.15, 0.2) is 18.2 Å². The van der Waals surface area contributed by atoms with Gasteiger partial charge >= 0.3 is 0 Å². The van der Waals surface area contributed by atoms with Crippen molar-refractivity contribution in [2.45, 2.75) is 38.6 Å². The third kappa shape index (κ3) is 4.69. The monoisotopic (exact) mass is 313 g/mol. The molecule has 0 aliphatic rings. The summed E-state index contributed by atoms with van der Waals surface area (Å²) >= 11 is 3.23. The van der Waals surface area contributed by atoms with Gasteiger partial charge in [0, 0.05) is 0 Å². The van der Waals surface area contributed by atoms with Crippen LogP contribution in [0.3, 0.4) is 0 Å². The molecule has 0 fully saturated rings. The number of carbonyl (C=O) groups excluding carboxylic acids is 1. The Hall–Kier alpha value is -1.03. The van der Waals surface area contributed by atoms with Gasteiger partial charge < -0.3 is 10.1 Å². The zero-order chi connectivity index (χ0) is 13.7. The summed E-state index contributed by atoms with van der Waals surface area (Å²) in [6.07, 6.45) is -0.0549. The van der Waals surface area contributed by atoms with Gasteiger partial charge in [-0.3, -0.25) is 4.79 Å². The van der Waals surface area contributed by atoms with Crippen molar-refractivity contribution in [2.75, 3.05) is 6.54 Å². The molecule has 1 aromatic carbocycles. The molecule has 0 radical (unpaired) electrons. The molecule has 0 aliphatic heterocycles. The average Bonchev–Trinajstić information content (AvgIpc) is 2.30. The van der Waals surface area contributed by atoms with Gasteiger partial charge in [-0.1, -0.05) is 28.1 Å². The largest absolute Gasteiger partial charge is 0.489 e. The van der Waals surface area contributed by atoms with Crippen molar-refractivity contribution in [2.24, 2.45) is 0 Å². The zero-order valence-electron chi connectivity index (χ0n) is 11.3. The third-order valence-electron chi connectivity index (χ3n) is 2.60. The number of hydrogen-bond acceptors (Lipinski definition) is 2. The number of carbonyl (C=O) groups is 1. The van der Waals surface area contributed by atoms with Gasteiger partial charge in [-0.05, 0) is 44.9 Å². The quantitative estimate of drug-likeness (QED) is 0.849. The van der Waals surface area contributed by atoms with Crippen LogP contribution >= 0.6 is 15.9 Å². The number of hydrogen-bond donors (Lipinski definition) is 1. The van der Waals surface area contributed by atoms with Crippen LogP contribution in [0.5, 0.6) is 5.75 Å². The van der Waals surface area contributed by atoms with Gasteiger partial charge in [0.2, 0.25) is 5.91 Å². The standard InChI is InChI=1S/C14H20BrNO2/c1-9-5-6-10(2)13(7-9)18-11(3)8-16-14(17)12(4)15/h5-7,11-12H,8H2,1-4H3,(H,16,17). The third-order valence-corrected chi connectivity index (χ3v) is 3.01. The molecule has 0 spiro atoms. The molecule has 0 bridgehead atoms. The van der Waals surface area contributed by atoms with Gasteiger partial charge in [0.05, 0.1) is 11.4 Å². The van der Waals surface area contributed by atoms with Crippen LogP contribution < -0.4 is 10.1 Å². The summed E-state index contributed by atoms with van der Waals surface area (Å²) in [6.45, 7) is 8.29. The highest BCUT2D eigenvalue weighted by atomic mass is 79.9. The number of amides is 1. The van der Waals surface area contributed by atoms with Gasteiger partial charge in [0.15, 0.2) is 0 Å². The molecule has 2 atom stereocenters. The van der Waals surface area contributed by atoms with Crippen molar-refractivity contribution >= 4 is 21.8 Å². The van der Waals surface area contributed by atoms with E-state index in [1.807, 2.05) is 32.9 Å². The maximum Gasteiger partial charge on any atom is 0.233 e. The molecule has 1 rings (SSSR count). The highest BCUT2D eigenvalue weighted by Gasteiger charge is 2.11. The van der Waals surface area contributed by atoms with Gasteiger partial charge in [-0.2, -0.15) is 0 Å².